The molecule has 0 atom stereocenters. The lowest BCUT2D eigenvalue weighted by atomic mass is 10.0. The van der Waals surface area contributed by atoms with Gasteiger partial charge in [-0.3, -0.25) is 0 Å². The average molecular weight is 513 g/mol. The second-order valence-electron chi connectivity index (χ2n) is 7.12. The zero-order valence-electron chi connectivity index (χ0n) is 18.3. The van der Waals surface area contributed by atoms with Crippen molar-refractivity contribution in [2.45, 2.75) is 12.1 Å². The number of carbonyl (C=O) groups is 2. The summed E-state index contributed by atoms with van der Waals surface area (Å²) in [6.07, 6.45) is 1.32. The van der Waals surface area contributed by atoms with E-state index >= 15 is 0 Å². The minimum Gasteiger partial charge on any atom is -0.496 e. The highest BCUT2D eigenvalue weighted by atomic mass is 35.5. The lowest BCUT2D eigenvalue weighted by Crippen LogP contribution is -2.00. The third-order valence-corrected chi connectivity index (χ3v) is 6.02. The maximum atomic E-state index is 11.9. The van der Waals surface area contributed by atoms with Crippen LogP contribution < -0.4 is 4.74 Å². The van der Waals surface area contributed by atoms with Crippen LogP contribution in [0.4, 0.5) is 0 Å². The summed E-state index contributed by atoms with van der Waals surface area (Å²) in [6, 6.07) is 13.0. The SMILES string of the molecule is COc1ccc(Cl)cc1-c1nnc(S/C(=C\c2ccc(-c3cccc(C(=O)O)c3C)o2)C(=O)O)o1. The Morgan fingerprint density at radius 1 is 1.06 bits per heavy atom. The first kappa shape index (κ1) is 24.1. The molecule has 0 saturated carbocycles. The monoisotopic (exact) mass is 512 g/mol. The number of ether oxygens (including phenoxy) is 1. The second kappa shape index (κ2) is 10.1. The van der Waals surface area contributed by atoms with Gasteiger partial charge in [-0.05, 0) is 60.6 Å². The molecule has 0 radical (unpaired) electrons. The lowest BCUT2D eigenvalue weighted by Gasteiger charge is -2.06. The number of carboxylic acid groups (broad SMARTS) is 2. The van der Waals surface area contributed by atoms with Gasteiger partial charge in [0.25, 0.3) is 11.1 Å². The topological polar surface area (TPSA) is 136 Å². The van der Waals surface area contributed by atoms with Gasteiger partial charge in [0.15, 0.2) is 0 Å². The number of hydrogen-bond acceptors (Lipinski definition) is 8. The summed E-state index contributed by atoms with van der Waals surface area (Å²) < 4.78 is 16.7. The van der Waals surface area contributed by atoms with E-state index in [1.165, 1.54) is 19.3 Å². The molecule has 2 heterocycles. The number of methoxy groups -OCH3 is 1. The number of rotatable bonds is 8. The molecule has 0 aliphatic heterocycles. The van der Waals surface area contributed by atoms with Gasteiger partial charge in [0, 0.05) is 16.7 Å². The van der Waals surface area contributed by atoms with Gasteiger partial charge >= 0.3 is 11.9 Å². The molecular formula is C24H17ClN2O7S. The smallest absolute Gasteiger partial charge is 0.342 e. The molecule has 0 aliphatic rings. The minimum absolute atomic E-state index is 0.00698. The first-order valence-corrected chi connectivity index (χ1v) is 11.2. The number of carboxylic acids is 2. The number of benzene rings is 2. The molecule has 9 nitrogen and oxygen atoms in total. The van der Waals surface area contributed by atoms with Gasteiger partial charge in [-0.15, -0.1) is 10.2 Å². The third-order valence-electron chi connectivity index (χ3n) is 4.94. The Balaban J connectivity index is 1.61. The number of thioether (sulfide) groups is 1. The Morgan fingerprint density at radius 2 is 1.86 bits per heavy atom. The van der Waals surface area contributed by atoms with Crippen LogP contribution in [-0.4, -0.2) is 39.5 Å². The van der Waals surface area contributed by atoms with Crippen molar-refractivity contribution in [1.29, 1.82) is 0 Å². The zero-order chi connectivity index (χ0) is 25.1. The fourth-order valence-electron chi connectivity index (χ4n) is 3.27. The van der Waals surface area contributed by atoms with Crippen molar-refractivity contribution in [3.05, 3.63) is 75.3 Å². The fourth-order valence-corrected chi connectivity index (χ4v) is 4.10. The molecule has 178 valence electrons. The highest BCUT2D eigenvalue weighted by Gasteiger charge is 2.19. The Kier molecular flexibility index (Phi) is 6.94. The molecule has 0 saturated heterocycles. The Labute approximate surface area is 208 Å². The van der Waals surface area contributed by atoms with E-state index < -0.39 is 11.9 Å². The van der Waals surface area contributed by atoms with Gasteiger partial charge in [0.05, 0.1) is 18.2 Å². The normalized spacial score (nSPS) is 11.5. The van der Waals surface area contributed by atoms with E-state index in [2.05, 4.69) is 10.2 Å². The van der Waals surface area contributed by atoms with Crippen LogP contribution in [0.5, 0.6) is 5.75 Å². The Bertz CT molecular complexity index is 1460. The summed E-state index contributed by atoms with van der Waals surface area (Å²) in [5.41, 5.74) is 1.75. The molecule has 2 aromatic carbocycles. The molecule has 0 bridgehead atoms. The quantitative estimate of drug-likeness (QED) is 0.217. The molecule has 11 heteroatoms. The Hall–Kier alpha value is -4.02. The average Bonchev–Trinajstić information content (AvgIpc) is 3.48. The molecule has 0 unspecified atom stereocenters. The molecule has 0 fully saturated rings. The number of nitrogens with zero attached hydrogens (tertiary/aromatic N) is 2. The fraction of sp³-hybridized carbons (Fsp3) is 0.0833. The summed E-state index contributed by atoms with van der Waals surface area (Å²) in [5, 5.41) is 27.3. The second-order valence-corrected chi connectivity index (χ2v) is 8.55. The van der Waals surface area contributed by atoms with E-state index in [1.54, 1.807) is 49.4 Å². The molecule has 0 aliphatic carbocycles. The van der Waals surface area contributed by atoms with Crippen LogP contribution in [0.25, 0.3) is 28.9 Å². The van der Waals surface area contributed by atoms with Gasteiger partial charge in [0.1, 0.15) is 22.2 Å². The zero-order valence-corrected chi connectivity index (χ0v) is 19.9. The van der Waals surface area contributed by atoms with Crippen LogP contribution >= 0.6 is 23.4 Å². The molecule has 0 amide bonds. The molecule has 4 rings (SSSR count). The minimum atomic E-state index is -1.22. The van der Waals surface area contributed by atoms with Crippen molar-refractivity contribution in [1.82, 2.24) is 10.2 Å². The van der Waals surface area contributed by atoms with Crippen LogP contribution in [0.2, 0.25) is 5.02 Å². The van der Waals surface area contributed by atoms with Gasteiger partial charge in [-0.25, -0.2) is 9.59 Å². The number of aromatic nitrogens is 2. The number of aromatic carboxylic acids is 1. The van der Waals surface area contributed by atoms with Gasteiger partial charge < -0.3 is 23.8 Å². The van der Waals surface area contributed by atoms with E-state index in [0.29, 0.717) is 33.2 Å². The predicted octanol–water partition coefficient (Wildman–Crippen LogP) is 5.88. The van der Waals surface area contributed by atoms with Crippen molar-refractivity contribution in [3.8, 4) is 28.5 Å². The van der Waals surface area contributed by atoms with Crippen LogP contribution in [0, 0.1) is 6.92 Å². The molecule has 0 spiro atoms. The highest BCUT2D eigenvalue weighted by molar-refractivity contribution is 8.03. The number of hydrogen-bond donors (Lipinski definition) is 2. The van der Waals surface area contributed by atoms with E-state index in [9.17, 15) is 19.8 Å². The Morgan fingerprint density at radius 3 is 2.57 bits per heavy atom. The van der Waals surface area contributed by atoms with E-state index in [0.717, 1.165) is 11.8 Å². The number of halogens is 1. The van der Waals surface area contributed by atoms with Crippen molar-refractivity contribution in [2.24, 2.45) is 0 Å². The third kappa shape index (κ3) is 5.23. The van der Waals surface area contributed by atoms with Crippen LogP contribution in [0.15, 0.2) is 67.5 Å². The van der Waals surface area contributed by atoms with Crippen molar-refractivity contribution in [3.63, 3.8) is 0 Å². The summed E-state index contributed by atoms with van der Waals surface area (Å²) in [6.45, 7) is 1.68. The summed E-state index contributed by atoms with van der Waals surface area (Å²) in [5.74, 6) is -1.03. The summed E-state index contributed by atoms with van der Waals surface area (Å²) >= 11 is 6.80. The first-order valence-electron chi connectivity index (χ1n) is 10.00. The summed E-state index contributed by atoms with van der Waals surface area (Å²) in [4.78, 5) is 23.1. The molecular weight excluding hydrogens is 496 g/mol. The van der Waals surface area contributed by atoms with Gasteiger partial charge in [-0.1, -0.05) is 23.7 Å². The maximum absolute atomic E-state index is 11.9. The van der Waals surface area contributed by atoms with Gasteiger partial charge in [0.2, 0.25) is 0 Å². The van der Waals surface area contributed by atoms with Crippen molar-refractivity contribution >= 4 is 41.4 Å². The maximum Gasteiger partial charge on any atom is 0.342 e. The molecule has 4 aromatic rings. The highest BCUT2D eigenvalue weighted by Crippen LogP contribution is 2.35. The number of furan rings is 1. The largest absolute Gasteiger partial charge is 0.496 e. The van der Waals surface area contributed by atoms with Crippen molar-refractivity contribution in [2.75, 3.05) is 7.11 Å². The lowest BCUT2D eigenvalue weighted by molar-refractivity contribution is -0.131. The summed E-state index contributed by atoms with van der Waals surface area (Å²) in [7, 11) is 1.49. The van der Waals surface area contributed by atoms with Crippen molar-refractivity contribution < 1.29 is 33.4 Å². The van der Waals surface area contributed by atoms with Crippen LogP contribution in [0.1, 0.15) is 21.7 Å². The van der Waals surface area contributed by atoms with E-state index in [4.69, 9.17) is 25.2 Å². The van der Waals surface area contributed by atoms with E-state index in [1.807, 2.05) is 0 Å². The first-order chi connectivity index (χ1) is 16.8. The van der Waals surface area contributed by atoms with Crippen LogP contribution in [-0.2, 0) is 4.79 Å². The van der Waals surface area contributed by atoms with Gasteiger partial charge in [-0.2, -0.15) is 0 Å². The molecule has 2 N–H and O–H groups in total. The molecule has 35 heavy (non-hydrogen) atoms. The van der Waals surface area contributed by atoms with Crippen LogP contribution in [0.3, 0.4) is 0 Å². The van der Waals surface area contributed by atoms with E-state index in [-0.39, 0.29) is 27.3 Å². The number of aliphatic carboxylic acids is 1. The standard InChI is InChI=1S/C24H17ClN2O7S/c1-12-15(4-3-5-16(12)22(28)29)19-9-7-14(33-19)11-20(23(30)31)35-24-27-26-21(34-24)17-10-13(25)6-8-18(17)32-2/h3-11H,1-2H3,(H,28,29)(H,30,31)/b20-11-. The molecule has 2 aromatic heterocycles. The predicted molar refractivity (Wildman–Crippen MR) is 129 cm³/mol.